The molecule has 1 atom stereocenters. The van der Waals surface area contributed by atoms with Crippen LogP contribution in [-0.4, -0.2) is 23.1 Å². The second-order valence-electron chi connectivity index (χ2n) is 13.5. The van der Waals surface area contributed by atoms with Crippen LogP contribution in [0.2, 0.25) is 0 Å². The largest absolute Gasteiger partial charge is 0.481 e. The first kappa shape index (κ1) is 42.7. The Balaban J connectivity index is 3.63. The van der Waals surface area contributed by atoms with E-state index in [2.05, 4.69) is 26.0 Å². The van der Waals surface area contributed by atoms with Gasteiger partial charge in [-0.15, -0.1) is 0 Å². The van der Waals surface area contributed by atoms with E-state index in [0.29, 0.717) is 12.8 Å². The first-order valence-corrected chi connectivity index (χ1v) is 19.7. The normalized spacial score (nSPS) is 12.2. The van der Waals surface area contributed by atoms with Gasteiger partial charge >= 0.3 is 11.9 Å². The van der Waals surface area contributed by atoms with Gasteiger partial charge in [-0.3, -0.25) is 9.59 Å². The van der Waals surface area contributed by atoms with Crippen LogP contribution in [0.25, 0.3) is 0 Å². The Morgan fingerprint density at radius 2 is 0.841 bits per heavy atom. The predicted molar refractivity (Wildman–Crippen MR) is 190 cm³/mol. The summed E-state index contributed by atoms with van der Waals surface area (Å²) < 4.78 is 5.58. The van der Waals surface area contributed by atoms with E-state index in [4.69, 9.17) is 4.74 Å². The fourth-order valence-electron chi connectivity index (χ4n) is 6.08. The van der Waals surface area contributed by atoms with Crippen molar-refractivity contribution in [3.63, 3.8) is 0 Å². The molecule has 0 spiro atoms. The van der Waals surface area contributed by atoms with Gasteiger partial charge in [0.2, 0.25) is 0 Å². The van der Waals surface area contributed by atoms with E-state index in [1.807, 2.05) is 0 Å². The Morgan fingerprint density at radius 1 is 0.500 bits per heavy atom. The number of allylic oxidation sites excluding steroid dienone is 2. The predicted octanol–water partition coefficient (Wildman–Crippen LogP) is 13.5. The Labute approximate surface area is 275 Å². The van der Waals surface area contributed by atoms with Crippen molar-refractivity contribution in [3.05, 3.63) is 12.2 Å². The highest BCUT2D eigenvalue weighted by molar-refractivity contribution is 5.71. The molecule has 0 rings (SSSR count). The molecule has 0 bridgehead atoms. The molecular formula is C40H76O4. The van der Waals surface area contributed by atoms with Crippen molar-refractivity contribution in [1.29, 1.82) is 0 Å². The molecule has 0 fully saturated rings. The van der Waals surface area contributed by atoms with Crippen molar-refractivity contribution >= 4 is 11.9 Å². The van der Waals surface area contributed by atoms with Crippen LogP contribution in [0.4, 0.5) is 0 Å². The summed E-state index contributed by atoms with van der Waals surface area (Å²) in [6, 6.07) is 0. The van der Waals surface area contributed by atoms with Gasteiger partial charge in [0.05, 0.1) is 6.42 Å². The standard InChI is InChI=1S/C40H76O4/c1-3-5-7-9-11-13-15-17-19-20-22-23-25-27-29-31-33-35-38(37-39(41)42)44-40(43)36-34-32-30-28-26-24-21-18-16-14-12-10-8-6-4-2/h18,21,38H,3-17,19-20,22-37H2,1-2H3,(H,41,42)/b21-18-. The van der Waals surface area contributed by atoms with Crippen LogP contribution in [0.15, 0.2) is 12.2 Å². The maximum Gasteiger partial charge on any atom is 0.307 e. The molecule has 260 valence electrons. The second-order valence-corrected chi connectivity index (χ2v) is 13.5. The number of ether oxygens (including phenoxy) is 1. The quantitative estimate of drug-likeness (QED) is 0.0430. The highest BCUT2D eigenvalue weighted by atomic mass is 16.5. The van der Waals surface area contributed by atoms with Crippen LogP contribution in [0, 0.1) is 0 Å². The van der Waals surface area contributed by atoms with Gasteiger partial charge in [-0.05, 0) is 44.9 Å². The third-order valence-corrected chi connectivity index (χ3v) is 8.97. The molecule has 0 saturated heterocycles. The highest BCUT2D eigenvalue weighted by Gasteiger charge is 2.17. The molecule has 1 N–H and O–H groups in total. The van der Waals surface area contributed by atoms with E-state index in [1.165, 1.54) is 154 Å². The fraction of sp³-hybridized carbons (Fsp3) is 0.900. The molecule has 0 aliphatic heterocycles. The number of esters is 1. The lowest BCUT2D eigenvalue weighted by atomic mass is 10.0. The molecule has 0 aromatic rings. The molecule has 4 heteroatoms. The minimum absolute atomic E-state index is 0.0724. The lowest BCUT2D eigenvalue weighted by Crippen LogP contribution is -2.21. The van der Waals surface area contributed by atoms with Crippen molar-refractivity contribution in [2.75, 3.05) is 0 Å². The Hall–Kier alpha value is -1.32. The van der Waals surface area contributed by atoms with Crippen molar-refractivity contribution < 1.29 is 19.4 Å². The lowest BCUT2D eigenvalue weighted by Gasteiger charge is -2.16. The highest BCUT2D eigenvalue weighted by Crippen LogP contribution is 2.17. The van der Waals surface area contributed by atoms with Gasteiger partial charge in [-0.1, -0.05) is 180 Å². The minimum atomic E-state index is -0.879. The summed E-state index contributed by atoms with van der Waals surface area (Å²) in [5.41, 5.74) is 0. The van der Waals surface area contributed by atoms with Gasteiger partial charge in [0.25, 0.3) is 0 Å². The van der Waals surface area contributed by atoms with Gasteiger partial charge < -0.3 is 9.84 Å². The van der Waals surface area contributed by atoms with E-state index in [0.717, 1.165) is 38.5 Å². The lowest BCUT2D eigenvalue weighted by molar-refractivity contribution is -0.153. The summed E-state index contributed by atoms with van der Waals surface area (Å²) in [4.78, 5) is 23.6. The molecule has 0 aromatic carbocycles. The summed E-state index contributed by atoms with van der Waals surface area (Å²) in [5, 5.41) is 9.26. The monoisotopic (exact) mass is 621 g/mol. The molecule has 0 saturated carbocycles. The van der Waals surface area contributed by atoms with Crippen LogP contribution < -0.4 is 0 Å². The van der Waals surface area contributed by atoms with E-state index in [9.17, 15) is 14.7 Å². The number of hydrogen-bond acceptors (Lipinski definition) is 3. The molecule has 0 aliphatic carbocycles. The average molecular weight is 621 g/mol. The van der Waals surface area contributed by atoms with Gasteiger partial charge in [0, 0.05) is 6.42 Å². The van der Waals surface area contributed by atoms with E-state index in [1.54, 1.807) is 0 Å². The Morgan fingerprint density at radius 3 is 1.23 bits per heavy atom. The zero-order chi connectivity index (χ0) is 32.2. The first-order valence-electron chi connectivity index (χ1n) is 19.7. The Kier molecular flexibility index (Phi) is 35.1. The van der Waals surface area contributed by atoms with Gasteiger partial charge in [-0.25, -0.2) is 0 Å². The smallest absolute Gasteiger partial charge is 0.307 e. The third kappa shape index (κ3) is 35.2. The topological polar surface area (TPSA) is 63.6 Å². The fourth-order valence-corrected chi connectivity index (χ4v) is 6.08. The molecular weight excluding hydrogens is 544 g/mol. The van der Waals surface area contributed by atoms with Crippen LogP contribution in [-0.2, 0) is 14.3 Å². The van der Waals surface area contributed by atoms with E-state index >= 15 is 0 Å². The summed E-state index contributed by atoms with van der Waals surface area (Å²) in [7, 11) is 0. The van der Waals surface area contributed by atoms with Crippen LogP contribution >= 0.6 is 0 Å². The van der Waals surface area contributed by atoms with Gasteiger partial charge in [0.15, 0.2) is 0 Å². The number of unbranched alkanes of at least 4 members (excludes halogenated alkanes) is 27. The summed E-state index contributed by atoms with van der Waals surface area (Å²) in [6.45, 7) is 4.54. The summed E-state index contributed by atoms with van der Waals surface area (Å²) >= 11 is 0. The molecule has 0 heterocycles. The number of aliphatic carboxylic acids is 1. The minimum Gasteiger partial charge on any atom is -0.481 e. The van der Waals surface area contributed by atoms with Crippen molar-refractivity contribution in [3.8, 4) is 0 Å². The third-order valence-electron chi connectivity index (χ3n) is 8.97. The van der Waals surface area contributed by atoms with Crippen LogP contribution in [0.5, 0.6) is 0 Å². The summed E-state index contributed by atoms with van der Waals surface area (Å²) in [6.07, 6.45) is 43.8. The number of carbonyl (C=O) groups excluding carboxylic acids is 1. The number of carboxylic acids is 1. The van der Waals surface area contributed by atoms with E-state index in [-0.39, 0.29) is 12.4 Å². The zero-order valence-corrected chi connectivity index (χ0v) is 29.7. The SMILES string of the molecule is CCCCCCCC/C=C\CCCCCCCC(=O)OC(CCCCCCCCCCCCCCCCCCC)CC(=O)O. The molecule has 0 amide bonds. The molecule has 44 heavy (non-hydrogen) atoms. The Bertz CT molecular complexity index is 629. The number of carbonyl (C=O) groups is 2. The van der Waals surface area contributed by atoms with Gasteiger partial charge in [-0.2, -0.15) is 0 Å². The maximum absolute atomic E-state index is 12.3. The summed E-state index contributed by atoms with van der Waals surface area (Å²) in [5.74, 6) is -1.10. The van der Waals surface area contributed by atoms with Crippen molar-refractivity contribution in [2.45, 2.75) is 232 Å². The van der Waals surface area contributed by atoms with Crippen LogP contribution in [0.1, 0.15) is 226 Å². The number of hydrogen-bond donors (Lipinski definition) is 1. The molecule has 0 aliphatic rings. The van der Waals surface area contributed by atoms with Gasteiger partial charge in [0.1, 0.15) is 6.10 Å². The number of rotatable bonds is 36. The van der Waals surface area contributed by atoms with Crippen molar-refractivity contribution in [2.24, 2.45) is 0 Å². The maximum atomic E-state index is 12.3. The second kappa shape index (κ2) is 36.2. The molecule has 4 nitrogen and oxygen atoms in total. The first-order chi connectivity index (χ1) is 21.6. The average Bonchev–Trinajstić information content (AvgIpc) is 3.00. The van der Waals surface area contributed by atoms with Crippen molar-refractivity contribution in [1.82, 2.24) is 0 Å². The zero-order valence-electron chi connectivity index (χ0n) is 29.7. The number of carboxylic acid groups (broad SMARTS) is 1. The molecule has 1 unspecified atom stereocenters. The molecule has 0 aromatic heterocycles. The van der Waals surface area contributed by atoms with E-state index < -0.39 is 12.1 Å². The van der Waals surface area contributed by atoms with Crippen LogP contribution in [0.3, 0.4) is 0 Å². The molecule has 0 radical (unpaired) electrons.